The molecule has 516 valence electrons. The summed E-state index contributed by atoms with van der Waals surface area (Å²) in [6, 6.07) is 0. The van der Waals surface area contributed by atoms with Crippen molar-refractivity contribution in [2.75, 3.05) is 19.8 Å². The van der Waals surface area contributed by atoms with Crippen LogP contribution in [0, 0.1) is 48.7 Å². The summed E-state index contributed by atoms with van der Waals surface area (Å²) in [5.74, 6) is 1.67. The zero-order valence-electron chi connectivity index (χ0n) is 61.7. The number of rotatable bonds is 13. The fraction of sp³-hybridized carbons (Fsp3) is 0.821. The number of allylic oxidation sites excluding steroid dienone is 8. The molecule has 4 unspecified atom stereocenters. The van der Waals surface area contributed by atoms with Crippen LogP contribution in [0.3, 0.4) is 0 Å². The van der Waals surface area contributed by atoms with Crippen molar-refractivity contribution in [1.29, 1.82) is 0 Å². The van der Waals surface area contributed by atoms with E-state index >= 15 is 0 Å². The molecule has 0 fully saturated rings. The monoisotopic (exact) mass is 1390 g/mol. The summed E-state index contributed by atoms with van der Waals surface area (Å²) in [5, 5.41) is 107. The van der Waals surface area contributed by atoms with Gasteiger partial charge in [-0.15, -0.1) is 0 Å². The molecule has 0 rings (SSSR count). The Labute approximate surface area is 592 Å². The topological polar surface area (TPSA) is 328 Å². The minimum atomic E-state index is -0.728. The van der Waals surface area contributed by atoms with Gasteiger partial charge in [0, 0.05) is 127 Å². The number of aliphatic hydroxyl groups is 12. The summed E-state index contributed by atoms with van der Waals surface area (Å²) in [5.41, 5.74) is -3.48. The van der Waals surface area contributed by atoms with Gasteiger partial charge in [-0.1, -0.05) is 118 Å². The van der Waals surface area contributed by atoms with Gasteiger partial charge in [-0.2, -0.15) is 0 Å². The first-order chi connectivity index (χ1) is 36.2. The van der Waals surface area contributed by atoms with Gasteiger partial charge in [0.15, 0.2) is 0 Å². The van der Waals surface area contributed by atoms with Gasteiger partial charge in [0.05, 0.1) is 89.2 Å². The van der Waals surface area contributed by atoms with Crippen LogP contribution in [-0.2, 0) is 86.9 Å². The van der Waals surface area contributed by atoms with Crippen LogP contribution in [0.4, 0.5) is 0 Å². The summed E-state index contributed by atoms with van der Waals surface area (Å²) in [4.78, 5) is 38.4. The van der Waals surface area contributed by atoms with E-state index in [1.54, 1.807) is 48.5 Å². The molecule has 0 aromatic carbocycles. The smallest absolute Gasteiger partial charge is 0.325 e. The molecule has 0 spiro atoms. The summed E-state index contributed by atoms with van der Waals surface area (Å²) < 4.78 is 0. The van der Waals surface area contributed by atoms with Gasteiger partial charge in [-0.3, -0.25) is 19.2 Å². The van der Waals surface area contributed by atoms with Crippen LogP contribution in [0.2, 0.25) is 0 Å². The van der Waals surface area contributed by atoms with Crippen molar-refractivity contribution in [1.82, 2.24) is 0 Å². The molecule has 16 nitrogen and oxygen atoms in total. The number of hydrogen-bond acceptors (Lipinski definition) is 12. The molecule has 4 atom stereocenters. The summed E-state index contributed by atoms with van der Waals surface area (Å²) >= 11 is 0. The molecular formula is C67H140O16Ti4+4. The fourth-order valence-electron chi connectivity index (χ4n) is 3.77. The molecule has 0 radical (unpaired) electrons. The van der Waals surface area contributed by atoms with E-state index in [-0.39, 0.29) is 220 Å². The summed E-state index contributed by atoms with van der Waals surface area (Å²) in [7, 11) is 0. The Morgan fingerprint density at radius 1 is 0.368 bits per heavy atom. The molecule has 0 amide bonds. The number of hydrogen-bond donors (Lipinski definition) is 12. The standard InChI is InChI=1S/4C11H20O2.2C6H14O2.C5H12O2.C4H10O2.C2H6.4Ti/c4*1-10(2,3)8(12)7-9(13)11(4,5)6;1-5(7)4-6(2,3)8;1-3-6(8)4-5(2)7;1-5(2,3-6)4-7;1-4(6)2-3-5;1-2;;;;/h4*7,12H,1-6H3;5,7-8H,4H2,1-3H3;5-8H,3-4H2,1-2H3;6-7H,3-4H2,1-2H3;4-6H,2-3H2,1H3;1-2H3;;;;/p+4. The van der Waals surface area contributed by atoms with Gasteiger partial charge in [0.2, 0.25) is 0 Å². The summed E-state index contributed by atoms with van der Waals surface area (Å²) in [6.45, 7) is 63.6. The molecule has 0 saturated heterocycles. The molecule has 0 aliphatic carbocycles. The van der Waals surface area contributed by atoms with Crippen LogP contribution in [-0.4, -0.2) is 153 Å². The normalized spacial score (nSPS) is 13.8. The van der Waals surface area contributed by atoms with Crippen molar-refractivity contribution >= 4 is 23.1 Å². The molecule has 87 heavy (non-hydrogen) atoms. The maximum Gasteiger partial charge on any atom is 0.325 e. The Morgan fingerprint density at radius 2 is 0.563 bits per heavy atom. The maximum atomic E-state index is 9.60. The zero-order chi connectivity index (χ0) is 69.7. The first-order valence-electron chi connectivity index (χ1n) is 29.3. The Kier molecular flexibility index (Phi) is 72.2. The predicted octanol–water partition coefficient (Wildman–Crippen LogP) is 14.1. The van der Waals surface area contributed by atoms with Gasteiger partial charge in [0.1, 0.15) is 23.0 Å². The van der Waals surface area contributed by atoms with E-state index in [0.717, 1.165) is 6.42 Å². The molecule has 0 bridgehead atoms. The average Bonchev–Trinajstić information content (AvgIpc) is 3.24. The first-order valence-corrected chi connectivity index (χ1v) is 29.3. The van der Waals surface area contributed by atoms with Gasteiger partial charge < -0.3 is 61.3 Å². The molecule has 0 aliphatic heterocycles. The molecular weight excluding hydrogens is 1250 g/mol. The van der Waals surface area contributed by atoms with Gasteiger partial charge in [-0.25, -0.2) is 0 Å². The number of carbonyl (C=O) groups excluding carboxylic acids is 4. The molecule has 0 heterocycles. The maximum absolute atomic E-state index is 9.60. The molecule has 0 saturated carbocycles. The van der Waals surface area contributed by atoms with E-state index in [1.807, 2.05) is 187 Å². The van der Waals surface area contributed by atoms with E-state index in [0.29, 0.717) is 19.3 Å². The largest absolute Gasteiger partial charge is 0.511 e. The minimum absolute atomic E-state index is 0. The SMILES string of the molecule is CC.CC(C)(C)C(=[OH+])C=C(O)C(C)(C)C.CC(C)(C)C(=[OH+])C=C(O)C(C)(C)C.CC(C)(C)C(=[OH+])C=C(O)C(C)(C)C.CC(C)(C)C(=[OH+])C=C(O)C(C)(C)C.CC(C)(CO)CO.CC(O)CC(C)(C)O.CC(O)CCO.CCC(O)CC(C)O.[Ti].[Ti].[Ti].[Ti]. The van der Waals surface area contributed by atoms with Crippen LogP contribution in [0.5, 0.6) is 0 Å². The fourth-order valence-corrected chi connectivity index (χ4v) is 3.77. The third-order valence-corrected chi connectivity index (χ3v) is 10.5. The Balaban J connectivity index is -0.0000000655. The van der Waals surface area contributed by atoms with E-state index in [9.17, 15) is 39.6 Å². The van der Waals surface area contributed by atoms with Gasteiger partial charge >= 0.3 is 23.1 Å². The second kappa shape index (κ2) is 53.7. The van der Waals surface area contributed by atoms with Crippen LogP contribution in [0.15, 0.2) is 47.3 Å². The predicted molar refractivity (Wildman–Crippen MR) is 354 cm³/mol. The molecule has 0 aromatic rings. The minimum Gasteiger partial charge on any atom is -0.511 e. The second-order valence-corrected chi connectivity index (χ2v) is 30.5. The van der Waals surface area contributed by atoms with Gasteiger partial charge in [-0.05, 0) is 137 Å². The van der Waals surface area contributed by atoms with E-state index in [2.05, 4.69) is 0 Å². The number of ketones is 4. The van der Waals surface area contributed by atoms with Crippen molar-refractivity contribution in [3.05, 3.63) is 47.3 Å². The van der Waals surface area contributed by atoms with Gasteiger partial charge in [0.25, 0.3) is 0 Å². The van der Waals surface area contributed by atoms with Crippen molar-refractivity contribution in [2.45, 2.75) is 291 Å². The molecule has 0 aliphatic rings. The first kappa shape index (κ1) is 117. The Bertz CT molecular complexity index is 1640. The summed E-state index contributed by atoms with van der Waals surface area (Å²) in [6.07, 6.45) is 6.47. The quantitative estimate of drug-likeness (QED) is 0.0354. The Hall–Kier alpha value is -0.623. The van der Waals surface area contributed by atoms with Crippen molar-refractivity contribution < 1.29 is 167 Å². The van der Waals surface area contributed by atoms with E-state index in [4.69, 9.17) is 40.9 Å². The van der Waals surface area contributed by atoms with Crippen LogP contribution >= 0.6 is 0 Å². The van der Waals surface area contributed by atoms with Crippen molar-refractivity contribution in [3.63, 3.8) is 0 Å². The number of aliphatic hydroxyl groups excluding tert-OH is 11. The van der Waals surface area contributed by atoms with Crippen LogP contribution < -0.4 is 0 Å². The Morgan fingerprint density at radius 3 is 0.609 bits per heavy atom. The van der Waals surface area contributed by atoms with Crippen molar-refractivity contribution in [2.24, 2.45) is 48.7 Å². The molecule has 16 N–H and O–H groups in total. The molecule has 0 aromatic heterocycles. The van der Waals surface area contributed by atoms with E-state index in [1.165, 1.54) is 24.3 Å². The van der Waals surface area contributed by atoms with E-state index < -0.39 is 11.7 Å². The van der Waals surface area contributed by atoms with Crippen LogP contribution in [0.25, 0.3) is 0 Å². The zero-order valence-corrected chi connectivity index (χ0v) is 68.0. The third kappa shape index (κ3) is 85.4. The van der Waals surface area contributed by atoms with Crippen molar-refractivity contribution in [3.8, 4) is 0 Å². The second-order valence-electron chi connectivity index (χ2n) is 30.5. The third-order valence-electron chi connectivity index (χ3n) is 10.5. The molecule has 20 heteroatoms. The average molecular weight is 1390 g/mol. The van der Waals surface area contributed by atoms with Crippen LogP contribution in [0.1, 0.15) is 261 Å².